The summed E-state index contributed by atoms with van der Waals surface area (Å²) in [6.07, 6.45) is -2.73. The van der Waals surface area contributed by atoms with Crippen LogP contribution < -0.4 is 0 Å². The summed E-state index contributed by atoms with van der Waals surface area (Å²) in [7, 11) is 0. The van der Waals surface area contributed by atoms with Crippen molar-refractivity contribution < 1.29 is 38.0 Å². The van der Waals surface area contributed by atoms with Gasteiger partial charge in [0.2, 0.25) is 0 Å². The van der Waals surface area contributed by atoms with Crippen LogP contribution in [0, 0.1) is 0 Å². The predicted octanol–water partition coefficient (Wildman–Crippen LogP) is 4.92. The van der Waals surface area contributed by atoms with Crippen molar-refractivity contribution in [3.63, 3.8) is 0 Å². The Morgan fingerprint density at radius 3 is 2.05 bits per heavy atom. The number of rotatable bonds is 10. The van der Waals surface area contributed by atoms with Gasteiger partial charge in [-0.1, -0.05) is 66.7 Å². The molecule has 0 N–H and O–H groups in total. The van der Waals surface area contributed by atoms with Crippen LogP contribution in [-0.4, -0.2) is 55.0 Å². The van der Waals surface area contributed by atoms with E-state index >= 15 is 0 Å². The molecule has 2 heterocycles. The van der Waals surface area contributed by atoms with Crippen LogP contribution in [0.3, 0.4) is 0 Å². The molecule has 8 heteroatoms. The van der Waals surface area contributed by atoms with Crippen LogP contribution >= 0.6 is 0 Å². The zero-order chi connectivity index (χ0) is 27.2. The minimum atomic E-state index is -0.820. The Morgan fingerprint density at radius 2 is 1.41 bits per heavy atom. The summed E-state index contributed by atoms with van der Waals surface area (Å²) in [4.78, 5) is 25.6. The van der Waals surface area contributed by atoms with E-state index in [2.05, 4.69) is 0 Å². The highest BCUT2D eigenvalue weighted by molar-refractivity contribution is 5.90. The molecule has 5 rings (SSSR count). The Morgan fingerprint density at radius 1 is 0.821 bits per heavy atom. The van der Waals surface area contributed by atoms with Crippen LogP contribution in [0.15, 0.2) is 91.0 Å². The van der Waals surface area contributed by atoms with E-state index in [9.17, 15) is 9.59 Å². The number of carbonyl (C=O) groups is 2. The second-order valence-corrected chi connectivity index (χ2v) is 10.00. The number of fused-ring (bicyclic) bond motifs is 1. The molecule has 0 saturated carbocycles. The monoisotopic (exact) mass is 532 g/mol. The quantitative estimate of drug-likeness (QED) is 0.340. The van der Waals surface area contributed by atoms with E-state index in [0.717, 1.165) is 5.56 Å². The molecule has 5 atom stereocenters. The highest BCUT2D eigenvalue weighted by atomic mass is 16.8. The van der Waals surface area contributed by atoms with Gasteiger partial charge in [0.05, 0.1) is 23.8 Å². The lowest BCUT2D eigenvalue weighted by Crippen LogP contribution is -2.40. The first-order chi connectivity index (χ1) is 18.9. The first kappa shape index (κ1) is 27.0. The minimum absolute atomic E-state index is 0.153. The van der Waals surface area contributed by atoms with Gasteiger partial charge >= 0.3 is 11.9 Å². The normalized spacial score (nSPS) is 24.1. The number of esters is 2. The molecule has 204 valence electrons. The lowest BCUT2D eigenvalue weighted by atomic mass is 10.0. The smallest absolute Gasteiger partial charge is 0.338 e. The maximum absolute atomic E-state index is 12.9. The molecular weight excluding hydrogens is 500 g/mol. The van der Waals surface area contributed by atoms with Crippen LogP contribution in [0.2, 0.25) is 0 Å². The van der Waals surface area contributed by atoms with Gasteiger partial charge in [-0.3, -0.25) is 0 Å². The van der Waals surface area contributed by atoms with Crippen LogP contribution in [0.4, 0.5) is 0 Å². The average Bonchev–Trinajstić information content (AvgIpc) is 3.42. The van der Waals surface area contributed by atoms with E-state index in [1.54, 1.807) is 48.5 Å². The first-order valence-electron chi connectivity index (χ1n) is 13.0. The van der Waals surface area contributed by atoms with Crippen molar-refractivity contribution in [2.24, 2.45) is 0 Å². The summed E-state index contributed by atoms with van der Waals surface area (Å²) >= 11 is 0. The van der Waals surface area contributed by atoms with Gasteiger partial charge in [-0.2, -0.15) is 0 Å². The topological polar surface area (TPSA) is 89.5 Å². The molecule has 3 aromatic carbocycles. The number of hydrogen-bond acceptors (Lipinski definition) is 8. The Balaban J connectivity index is 1.31. The van der Waals surface area contributed by atoms with Crippen LogP contribution in [0.25, 0.3) is 0 Å². The standard InChI is InChI=1S/C31H32O8/c1-31(2)38-27-26(34-19-21-12-6-3-7-13-21)25(37-30(27)39-31)18-24(36-29(33)23-16-10-5-11-17-23)20-35-28(32)22-14-8-4-9-15-22/h3-17,24-27,30H,18-20H2,1-2H3/t24-,25+,26-,27+,30+/m0/s1. The van der Waals surface area contributed by atoms with Gasteiger partial charge in [0.25, 0.3) is 0 Å². The molecule has 3 aromatic rings. The number of carbonyl (C=O) groups excluding carboxylic acids is 2. The van der Waals surface area contributed by atoms with E-state index in [4.69, 9.17) is 28.4 Å². The molecule has 2 fully saturated rings. The largest absolute Gasteiger partial charge is 0.458 e. The Bertz CT molecular complexity index is 1230. The van der Waals surface area contributed by atoms with E-state index in [-0.39, 0.29) is 13.0 Å². The Hall–Kier alpha value is -3.56. The number of hydrogen-bond donors (Lipinski definition) is 0. The van der Waals surface area contributed by atoms with Crippen LogP contribution in [-0.2, 0) is 35.0 Å². The number of benzene rings is 3. The van der Waals surface area contributed by atoms with Gasteiger partial charge in [-0.05, 0) is 43.7 Å². The fraction of sp³-hybridized carbons (Fsp3) is 0.355. The average molecular weight is 533 g/mol. The molecule has 8 nitrogen and oxygen atoms in total. The lowest BCUT2D eigenvalue weighted by molar-refractivity contribution is -0.222. The SMILES string of the molecule is CC1(C)O[C@H]2O[C@H](C[C@@H](COC(=O)c3ccccc3)OC(=O)c3ccccc3)[C@H](OCc3ccccc3)[C@H]2O1. The predicted molar refractivity (Wildman–Crippen MR) is 141 cm³/mol. The van der Waals surface area contributed by atoms with Gasteiger partial charge < -0.3 is 28.4 Å². The van der Waals surface area contributed by atoms with Crippen molar-refractivity contribution in [2.45, 2.75) is 63.4 Å². The van der Waals surface area contributed by atoms with Crippen molar-refractivity contribution in [2.75, 3.05) is 6.61 Å². The van der Waals surface area contributed by atoms with Gasteiger partial charge in [0.1, 0.15) is 24.9 Å². The van der Waals surface area contributed by atoms with Crippen molar-refractivity contribution in [1.29, 1.82) is 0 Å². The summed E-state index contributed by atoms with van der Waals surface area (Å²) in [5.41, 5.74) is 1.80. The van der Waals surface area contributed by atoms with E-state index in [1.165, 1.54) is 0 Å². The maximum Gasteiger partial charge on any atom is 0.338 e. The minimum Gasteiger partial charge on any atom is -0.458 e. The lowest BCUT2D eigenvalue weighted by Gasteiger charge is -2.28. The fourth-order valence-corrected chi connectivity index (χ4v) is 4.73. The molecule has 2 aliphatic rings. The van der Waals surface area contributed by atoms with Crippen molar-refractivity contribution in [3.05, 3.63) is 108 Å². The van der Waals surface area contributed by atoms with Crippen molar-refractivity contribution in [3.8, 4) is 0 Å². The maximum atomic E-state index is 12.9. The molecule has 39 heavy (non-hydrogen) atoms. The molecule has 0 aliphatic carbocycles. The molecule has 0 aromatic heterocycles. The van der Waals surface area contributed by atoms with Gasteiger partial charge in [0, 0.05) is 6.42 Å². The fourth-order valence-electron chi connectivity index (χ4n) is 4.73. The molecule has 0 bridgehead atoms. The summed E-state index contributed by atoms with van der Waals surface area (Å²) < 4.78 is 36.0. The van der Waals surface area contributed by atoms with Gasteiger partial charge in [0.15, 0.2) is 12.1 Å². The van der Waals surface area contributed by atoms with Crippen molar-refractivity contribution >= 4 is 11.9 Å². The molecule has 2 aliphatic heterocycles. The first-order valence-corrected chi connectivity index (χ1v) is 13.0. The van der Waals surface area contributed by atoms with E-state index < -0.39 is 48.4 Å². The third-order valence-electron chi connectivity index (χ3n) is 6.56. The van der Waals surface area contributed by atoms with Gasteiger partial charge in [-0.15, -0.1) is 0 Å². The Labute approximate surface area is 227 Å². The number of ether oxygens (including phenoxy) is 6. The van der Waals surface area contributed by atoms with E-state index in [1.807, 2.05) is 56.3 Å². The molecule has 2 saturated heterocycles. The molecule has 0 spiro atoms. The summed E-state index contributed by atoms with van der Waals surface area (Å²) in [5.74, 6) is -1.85. The molecular formula is C31H32O8. The van der Waals surface area contributed by atoms with E-state index in [0.29, 0.717) is 17.7 Å². The zero-order valence-corrected chi connectivity index (χ0v) is 21.9. The summed E-state index contributed by atoms with van der Waals surface area (Å²) in [6, 6.07) is 27.1. The van der Waals surface area contributed by atoms with Crippen LogP contribution in [0.1, 0.15) is 46.5 Å². The Kier molecular flexibility index (Phi) is 8.38. The highest BCUT2D eigenvalue weighted by Gasteiger charge is 2.55. The second kappa shape index (κ2) is 12.1. The molecule has 0 amide bonds. The third-order valence-corrected chi connectivity index (χ3v) is 6.56. The van der Waals surface area contributed by atoms with Crippen molar-refractivity contribution in [1.82, 2.24) is 0 Å². The molecule has 0 unspecified atom stereocenters. The highest BCUT2D eigenvalue weighted by Crippen LogP contribution is 2.40. The summed E-state index contributed by atoms with van der Waals surface area (Å²) in [5, 5.41) is 0. The summed E-state index contributed by atoms with van der Waals surface area (Å²) in [6.45, 7) is 3.84. The van der Waals surface area contributed by atoms with Crippen LogP contribution in [0.5, 0.6) is 0 Å². The second-order valence-electron chi connectivity index (χ2n) is 10.00. The third kappa shape index (κ3) is 6.91. The molecule has 0 radical (unpaired) electrons. The van der Waals surface area contributed by atoms with Gasteiger partial charge in [-0.25, -0.2) is 9.59 Å². The zero-order valence-electron chi connectivity index (χ0n) is 21.9.